The fraction of sp³-hybridized carbons (Fsp3) is 0.308. The van der Waals surface area contributed by atoms with E-state index in [1.54, 1.807) is 11.3 Å². The zero-order valence-electron chi connectivity index (χ0n) is 10.3. The van der Waals surface area contributed by atoms with Gasteiger partial charge >= 0.3 is 0 Å². The zero-order chi connectivity index (χ0) is 13.8. The Bertz CT molecular complexity index is 557. The summed E-state index contributed by atoms with van der Waals surface area (Å²) in [5.74, 6) is 0. The van der Waals surface area contributed by atoms with Gasteiger partial charge < -0.3 is 5.32 Å². The zero-order valence-corrected chi connectivity index (χ0v) is 15.9. The van der Waals surface area contributed by atoms with E-state index in [4.69, 9.17) is 0 Å². The van der Waals surface area contributed by atoms with Gasteiger partial charge in [-0.05, 0) is 71.8 Å². The molecule has 1 atom stereocenters. The van der Waals surface area contributed by atoms with Crippen molar-refractivity contribution in [1.29, 1.82) is 0 Å². The first-order chi connectivity index (χ1) is 9.11. The summed E-state index contributed by atoms with van der Waals surface area (Å²) in [4.78, 5) is 5.88. The van der Waals surface area contributed by atoms with Gasteiger partial charge in [-0.2, -0.15) is 0 Å². The molecule has 0 aliphatic carbocycles. The van der Waals surface area contributed by atoms with E-state index in [0.717, 1.165) is 27.6 Å². The van der Waals surface area contributed by atoms with Gasteiger partial charge in [0.2, 0.25) is 0 Å². The molecular weight excluding hydrogens is 456 g/mol. The first kappa shape index (κ1) is 15.6. The predicted molar refractivity (Wildman–Crippen MR) is 91.8 cm³/mol. The maximum absolute atomic E-state index is 4.54. The fourth-order valence-electron chi connectivity index (χ4n) is 1.85. The van der Waals surface area contributed by atoms with Crippen molar-refractivity contribution < 1.29 is 0 Å². The van der Waals surface area contributed by atoms with Crippen LogP contribution in [-0.4, -0.2) is 11.5 Å². The van der Waals surface area contributed by atoms with Crippen LogP contribution in [0.15, 0.2) is 37.1 Å². The molecule has 0 aromatic carbocycles. The first-order valence-electron chi connectivity index (χ1n) is 5.88. The van der Waals surface area contributed by atoms with Crippen molar-refractivity contribution in [2.45, 2.75) is 19.4 Å². The fourth-order valence-corrected chi connectivity index (χ4v) is 4.67. The van der Waals surface area contributed by atoms with E-state index in [0.29, 0.717) is 0 Å². The van der Waals surface area contributed by atoms with E-state index in [9.17, 15) is 0 Å². The molecule has 0 aliphatic heterocycles. The van der Waals surface area contributed by atoms with Crippen LogP contribution in [0.3, 0.4) is 0 Å². The van der Waals surface area contributed by atoms with Crippen LogP contribution in [0.25, 0.3) is 0 Å². The molecule has 2 aromatic rings. The van der Waals surface area contributed by atoms with Crippen molar-refractivity contribution in [2.24, 2.45) is 0 Å². The molecule has 0 spiro atoms. The standard InChI is InChI=1S/C13H13Br3N2S/c1-2-17-11(6-12-9(15)3-4-19-12)13-10(16)5-8(14)7-18-13/h3-5,7,11,17H,2,6H2,1H3. The summed E-state index contributed by atoms with van der Waals surface area (Å²) in [5, 5.41) is 5.61. The average Bonchev–Trinajstić information content (AvgIpc) is 2.75. The molecule has 2 aromatic heterocycles. The number of rotatable bonds is 5. The van der Waals surface area contributed by atoms with Gasteiger partial charge in [-0.3, -0.25) is 4.98 Å². The highest BCUT2D eigenvalue weighted by molar-refractivity contribution is 9.11. The van der Waals surface area contributed by atoms with E-state index in [1.165, 1.54) is 9.35 Å². The number of hydrogen-bond donors (Lipinski definition) is 1. The highest BCUT2D eigenvalue weighted by atomic mass is 79.9. The molecule has 6 heteroatoms. The summed E-state index contributed by atoms with van der Waals surface area (Å²) in [6, 6.07) is 4.34. The molecule has 0 aliphatic rings. The molecule has 0 bridgehead atoms. The van der Waals surface area contributed by atoms with Crippen LogP contribution in [0, 0.1) is 0 Å². The normalized spacial score (nSPS) is 12.6. The molecular formula is C13H13Br3N2S. The smallest absolute Gasteiger partial charge is 0.0719 e. The summed E-state index contributed by atoms with van der Waals surface area (Å²) in [7, 11) is 0. The van der Waals surface area contributed by atoms with Gasteiger partial charge in [0.05, 0.1) is 11.7 Å². The lowest BCUT2D eigenvalue weighted by molar-refractivity contribution is 0.537. The van der Waals surface area contributed by atoms with E-state index in [-0.39, 0.29) is 6.04 Å². The van der Waals surface area contributed by atoms with E-state index in [1.807, 2.05) is 12.3 Å². The van der Waals surface area contributed by atoms with E-state index < -0.39 is 0 Å². The van der Waals surface area contributed by atoms with Crippen molar-refractivity contribution >= 4 is 59.1 Å². The number of pyridine rings is 1. The van der Waals surface area contributed by atoms with Crippen molar-refractivity contribution in [2.75, 3.05) is 6.54 Å². The Morgan fingerprint density at radius 2 is 2.11 bits per heavy atom. The minimum Gasteiger partial charge on any atom is -0.309 e. The minimum atomic E-state index is 0.211. The number of thiophene rings is 1. The van der Waals surface area contributed by atoms with Crippen LogP contribution in [-0.2, 0) is 6.42 Å². The van der Waals surface area contributed by atoms with Crippen LogP contribution in [0.2, 0.25) is 0 Å². The number of nitrogens with one attached hydrogen (secondary N) is 1. The summed E-state index contributed by atoms with van der Waals surface area (Å²) in [6.07, 6.45) is 2.77. The number of nitrogens with zero attached hydrogens (tertiary/aromatic N) is 1. The summed E-state index contributed by atoms with van der Waals surface area (Å²) in [5.41, 5.74) is 1.05. The van der Waals surface area contributed by atoms with Gasteiger partial charge in [0.15, 0.2) is 0 Å². The monoisotopic (exact) mass is 466 g/mol. The maximum atomic E-state index is 4.54. The van der Waals surface area contributed by atoms with Crippen molar-refractivity contribution in [3.8, 4) is 0 Å². The second-order valence-electron chi connectivity index (χ2n) is 4.03. The number of aromatic nitrogens is 1. The lowest BCUT2D eigenvalue weighted by Crippen LogP contribution is -2.24. The molecule has 1 unspecified atom stereocenters. The Hall–Kier alpha value is 0.250. The van der Waals surface area contributed by atoms with Gasteiger partial charge in [-0.1, -0.05) is 6.92 Å². The molecule has 0 saturated carbocycles. The average molecular weight is 469 g/mol. The number of hydrogen-bond acceptors (Lipinski definition) is 3. The van der Waals surface area contributed by atoms with E-state index in [2.05, 4.69) is 76.5 Å². The minimum absolute atomic E-state index is 0.211. The van der Waals surface area contributed by atoms with Crippen molar-refractivity contribution in [1.82, 2.24) is 10.3 Å². The summed E-state index contributed by atoms with van der Waals surface area (Å²) < 4.78 is 3.19. The Kier molecular flexibility index (Phi) is 6.02. The largest absolute Gasteiger partial charge is 0.309 e. The number of halogens is 3. The Morgan fingerprint density at radius 3 is 2.68 bits per heavy atom. The molecule has 2 heterocycles. The van der Waals surface area contributed by atoms with Gasteiger partial charge in [0.1, 0.15) is 0 Å². The third-order valence-electron chi connectivity index (χ3n) is 2.70. The highest BCUT2D eigenvalue weighted by Crippen LogP contribution is 2.31. The molecule has 0 amide bonds. The van der Waals surface area contributed by atoms with Crippen LogP contribution in [0.4, 0.5) is 0 Å². The van der Waals surface area contributed by atoms with Crippen LogP contribution in [0.5, 0.6) is 0 Å². The Balaban J connectivity index is 2.27. The predicted octanol–water partition coefficient (Wildman–Crippen LogP) is 5.32. The van der Waals surface area contributed by atoms with Crippen molar-refractivity contribution in [3.05, 3.63) is 47.7 Å². The second kappa shape index (κ2) is 7.31. The number of likely N-dealkylation sites (N-methyl/N-ethyl adjacent to an activating group) is 1. The first-order valence-corrected chi connectivity index (χ1v) is 9.14. The Morgan fingerprint density at radius 1 is 1.32 bits per heavy atom. The topological polar surface area (TPSA) is 24.9 Å². The molecule has 0 saturated heterocycles. The van der Waals surface area contributed by atoms with E-state index >= 15 is 0 Å². The van der Waals surface area contributed by atoms with Gasteiger partial charge in [0, 0.05) is 30.9 Å². The van der Waals surface area contributed by atoms with Gasteiger partial charge in [-0.25, -0.2) is 0 Å². The lowest BCUT2D eigenvalue weighted by Gasteiger charge is -2.18. The molecule has 19 heavy (non-hydrogen) atoms. The molecule has 2 rings (SSSR count). The third kappa shape index (κ3) is 4.11. The molecule has 102 valence electrons. The van der Waals surface area contributed by atoms with Crippen LogP contribution < -0.4 is 5.32 Å². The lowest BCUT2D eigenvalue weighted by atomic mass is 10.1. The van der Waals surface area contributed by atoms with Crippen molar-refractivity contribution in [3.63, 3.8) is 0 Å². The second-order valence-corrected chi connectivity index (χ2v) is 7.65. The third-order valence-corrected chi connectivity index (χ3v) is 5.71. The van der Waals surface area contributed by atoms with Gasteiger partial charge in [0.25, 0.3) is 0 Å². The molecule has 0 radical (unpaired) electrons. The Labute approximate surface area is 142 Å². The SMILES string of the molecule is CCNC(Cc1sccc1Br)c1ncc(Br)cc1Br. The van der Waals surface area contributed by atoms with Crippen LogP contribution in [0.1, 0.15) is 23.5 Å². The summed E-state index contributed by atoms with van der Waals surface area (Å²) in [6.45, 7) is 3.03. The maximum Gasteiger partial charge on any atom is 0.0719 e. The quantitative estimate of drug-likeness (QED) is 0.642. The molecule has 0 fully saturated rings. The summed E-state index contributed by atoms with van der Waals surface area (Å²) >= 11 is 12.4. The highest BCUT2D eigenvalue weighted by Gasteiger charge is 2.18. The van der Waals surface area contributed by atoms with Gasteiger partial charge in [-0.15, -0.1) is 11.3 Å². The molecule has 1 N–H and O–H groups in total. The molecule has 2 nitrogen and oxygen atoms in total. The van der Waals surface area contributed by atoms with Crippen LogP contribution >= 0.6 is 59.1 Å².